The number of hydrogen-bond donors (Lipinski definition) is 3. The van der Waals surface area contributed by atoms with Crippen molar-refractivity contribution in [3.05, 3.63) is 71.5 Å². The number of nitrogens with one attached hydrogen (secondary N) is 2. The number of primary amides is 1. The summed E-state index contributed by atoms with van der Waals surface area (Å²) in [7, 11) is 0. The van der Waals surface area contributed by atoms with Gasteiger partial charge < -0.3 is 20.9 Å². The molecular formula is C23H21N5O2S. The summed E-state index contributed by atoms with van der Waals surface area (Å²) in [6, 6.07) is 13.6. The molecule has 2 aromatic heterocycles. The molecule has 0 fully saturated rings. The van der Waals surface area contributed by atoms with Crippen LogP contribution in [0.1, 0.15) is 28.9 Å². The fraction of sp³-hybridized carbons (Fsp3) is 0.174. The highest BCUT2D eigenvalue weighted by atomic mass is 32.2. The van der Waals surface area contributed by atoms with E-state index in [-0.39, 0.29) is 5.78 Å². The Kier molecular flexibility index (Phi) is 4.99. The molecule has 0 saturated carbocycles. The van der Waals surface area contributed by atoms with Crippen LogP contribution in [0.25, 0.3) is 11.3 Å². The Morgan fingerprint density at radius 1 is 1.23 bits per heavy atom. The first kappa shape index (κ1) is 19.4. The Balaban J connectivity index is 1.60. The molecular weight excluding hydrogens is 410 g/mol. The van der Waals surface area contributed by atoms with E-state index in [4.69, 9.17) is 5.73 Å². The molecule has 31 heavy (non-hydrogen) atoms. The Bertz CT molecular complexity index is 1190. The van der Waals surface area contributed by atoms with Gasteiger partial charge in [0.25, 0.3) is 5.91 Å². The molecule has 156 valence electrons. The third-order valence-corrected chi connectivity index (χ3v) is 6.45. The minimum atomic E-state index is -0.525. The second-order valence-electron chi connectivity index (χ2n) is 7.48. The van der Waals surface area contributed by atoms with Gasteiger partial charge >= 0.3 is 0 Å². The van der Waals surface area contributed by atoms with Crippen LogP contribution in [0.2, 0.25) is 0 Å². The molecule has 1 aromatic carbocycles. The third-order valence-electron chi connectivity index (χ3n) is 5.45. The van der Waals surface area contributed by atoms with Gasteiger partial charge in [-0.25, -0.2) is 4.98 Å². The number of thioether (sulfide) groups is 1. The standard InChI is InChI=1S/C23H21N5O2S/c24-22(30)23-28(11-12-31-23)18-13-14(9-10-25-18)20-21(26-15-5-2-1-3-6-15)19-16(27-20)7-4-8-17(19)29/h1-3,5-6,9-13,23,26-27H,4,7-8H2,(H2,24,30). The summed E-state index contributed by atoms with van der Waals surface area (Å²) in [5.41, 5.74) is 10.6. The van der Waals surface area contributed by atoms with Gasteiger partial charge in [0, 0.05) is 35.8 Å². The van der Waals surface area contributed by atoms with Crippen molar-refractivity contribution >= 4 is 40.6 Å². The smallest absolute Gasteiger partial charge is 0.251 e. The number of anilines is 3. The Morgan fingerprint density at radius 2 is 2.06 bits per heavy atom. The molecule has 1 unspecified atom stereocenters. The van der Waals surface area contributed by atoms with Crippen LogP contribution in [-0.4, -0.2) is 27.0 Å². The van der Waals surface area contributed by atoms with E-state index in [9.17, 15) is 9.59 Å². The predicted molar refractivity (Wildman–Crippen MR) is 123 cm³/mol. The summed E-state index contributed by atoms with van der Waals surface area (Å²) in [5, 5.41) is 4.75. The van der Waals surface area contributed by atoms with E-state index >= 15 is 0 Å². The van der Waals surface area contributed by atoms with E-state index in [1.807, 2.05) is 47.9 Å². The molecule has 3 heterocycles. The highest BCUT2D eigenvalue weighted by molar-refractivity contribution is 8.03. The fourth-order valence-electron chi connectivity index (χ4n) is 4.04. The summed E-state index contributed by atoms with van der Waals surface area (Å²) in [6.45, 7) is 0. The third kappa shape index (κ3) is 3.59. The Hall–Kier alpha value is -3.52. The van der Waals surface area contributed by atoms with Crippen molar-refractivity contribution in [1.82, 2.24) is 9.97 Å². The molecule has 3 aromatic rings. The molecule has 1 amide bonds. The molecule has 7 nitrogen and oxygen atoms in total. The van der Waals surface area contributed by atoms with Gasteiger partial charge in [0.15, 0.2) is 11.2 Å². The number of ketones is 1. The zero-order valence-corrected chi connectivity index (χ0v) is 17.5. The van der Waals surface area contributed by atoms with Crippen LogP contribution < -0.4 is 16.0 Å². The number of nitrogens with zero attached hydrogens (tertiary/aromatic N) is 2. The first-order chi connectivity index (χ1) is 15.1. The second kappa shape index (κ2) is 7.96. The van der Waals surface area contributed by atoms with Gasteiger partial charge in [-0.15, -0.1) is 0 Å². The van der Waals surface area contributed by atoms with Gasteiger partial charge in [0.05, 0.1) is 16.9 Å². The van der Waals surface area contributed by atoms with Crippen LogP contribution in [-0.2, 0) is 11.2 Å². The quantitative estimate of drug-likeness (QED) is 0.560. The molecule has 0 spiro atoms. The summed E-state index contributed by atoms with van der Waals surface area (Å²) < 4.78 is 0. The lowest BCUT2D eigenvalue weighted by Gasteiger charge is -2.21. The molecule has 2 aliphatic rings. The molecule has 0 radical (unpaired) electrons. The monoisotopic (exact) mass is 431 g/mol. The number of amides is 1. The van der Waals surface area contributed by atoms with E-state index in [1.165, 1.54) is 11.8 Å². The van der Waals surface area contributed by atoms with Crippen LogP contribution in [0.15, 0.2) is 60.3 Å². The van der Waals surface area contributed by atoms with Crippen LogP contribution in [0.5, 0.6) is 0 Å². The number of Topliss-reactive ketones (excluding diaryl/α,β-unsaturated/α-hetero) is 1. The maximum Gasteiger partial charge on any atom is 0.251 e. The largest absolute Gasteiger partial charge is 0.367 e. The van der Waals surface area contributed by atoms with Crippen LogP contribution in [0.4, 0.5) is 17.2 Å². The van der Waals surface area contributed by atoms with Crippen molar-refractivity contribution in [2.75, 3.05) is 10.2 Å². The number of aryl methyl sites for hydroxylation is 1. The Labute approximate surface area is 183 Å². The molecule has 1 aliphatic heterocycles. The van der Waals surface area contributed by atoms with Crippen molar-refractivity contribution in [1.29, 1.82) is 0 Å². The lowest BCUT2D eigenvalue weighted by Crippen LogP contribution is -2.37. The molecule has 1 atom stereocenters. The van der Waals surface area contributed by atoms with E-state index in [0.29, 0.717) is 12.2 Å². The number of nitrogens with two attached hydrogens (primary N) is 1. The minimum Gasteiger partial charge on any atom is -0.367 e. The lowest BCUT2D eigenvalue weighted by molar-refractivity contribution is -0.117. The first-order valence-electron chi connectivity index (χ1n) is 10.1. The van der Waals surface area contributed by atoms with Gasteiger partial charge in [-0.1, -0.05) is 30.0 Å². The lowest BCUT2D eigenvalue weighted by atomic mass is 9.95. The predicted octanol–water partition coefficient (Wildman–Crippen LogP) is 4.18. The summed E-state index contributed by atoms with van der Waals surface area (Å²) in [4.78, 5) is 34.3. The number of carbonyl (C=O) groups excluding carboxylic acids is 2. The number of benzene rings is 1. The highest BCUT2D eigenvalue weighted by Gasteiger charge is 2.29. The highest BCUT2D eigenvalue weighted by Crippen LogP contribution is 2.40. The van der Waals surface area contributed by atoms with Crippen molar-refractivity contribution in [3.8, 4) is 11.3 Å². The molecule has 1 aliphatic carbocycles. The maximum atomic E-state index is 12.8. The van der Waals surface area contributed by atoms with Crippen LogP contribution >= 0.6 is 11.8 Å². The average Bonchev–Trinajstić information content (AvgIpc) is 3.41. The summed E-state index contributed by atoms with van der Waals surface area (Å²) in [6.07, 6.45) is 5.73. The van der Waals surface area contributed by atoms with E-state index < -0.39 is 11.3 Å². The molecule has 5 rings (SSSR count). The molecule has 4 N–H and O–H groups in total. The Morgan fingerprint density at radius 3 is 2.87 bits per heavy atom. The van der Waals surface area contributed by atoms with E-state index in [0.717, 1.165) is 46.7 Å². The number of hydrogen-bond acceptors (Lipinski definition) is 6. The fourth-order valence-corrected chi connectivity index (χ4v) is 4.83. The van der Waals surface area contributed by atoms with Crippen molar-refractivity contribution in [3.63, 3.8) is 0 Å². The van der Waals surface area contributed by atoms with E-state index in [1.54, 1.807) is 17.3 Å². The first-order valence-corrected chi connectivity index (χ1v) is 11.0. The average molecular weight is 432 g/mol. The zero-order valence-electron chi connectivity index (χ0n) is 16.7. The van der Waals surface area contributed by atoms with Crippen molar-refractivity contribution < 1.29 is 9.59 Å². The number of H-pyrrole nitrogens is 1. The zero-order chi connectivity index (χ0) is 21.4. The minimum absolute atomic E-state index is 0.143. The number of aromatic amines is 1. The molecule has 0 saturated heterocycles. The topological polar surface area (TPSA) is 104 Å². The normalized spacial score (nSPS) is 17.6. The van der Waals surface area contributed by atoms with Gasteiger partial charge in [-0.2, -0.15) is 0 Å². The van der Waals surface area contributed by atoms with Crippen molar-refractivity contribution in [2.24, 2.45) is 5.73 Å². The second-order valence-corrected chi connectivity index (χ2v) is 8.47. The number of pyridine rings is 1. The molecule has 0 bridgehead atoms. The number of carbonyl (C=O) groups is 2. The van der Waals surface area contributed by atoms with Crippen LogP contribution in [0, 0.1) is 0 Å². The van der Waals surface area contributed by atoms with Gasteiger partial charge in [0.1, 0.15) is 5.82 Å². The maximum absolute atomic E-state index is 12.8. The number of aromatic nitrogens is 2. The molecule has 8 heteroatoms. The van der Waals surface area contributed by atoms with Gasteiger partial charge in [-0.3, -0.25) is 9.59 Å². The summed E-state index contributed by atoms with van der Waals surface area (Å²) >= 11 is 1.35. The SMILES string of the molecule is NC(=O)C1SC=CN1c1cc(-c2[nH]c3c(c2Nc2ccccc2)C(=O)CCC3)ccn1. The van der Waals surface area contributed by atoms with Crippen molar-refractivity contribution in [2.45, 2.75) is 24.6 Å². The number of fused-ring (bicyclic) bond motifs is 1. The van der Waals surface area contributed by atoms with Gasteiger partial charge in [-0.05, 0) is 42.5 Å². The number of rotatable bonds is 5. The summed E-state index contributed by atoms with van der Waals surface area (Å²) in [5.74, 6) is 0.339. The van der Waals surface area contributed by atoms with Gasteiger partial charge in [0.2, 0.25) is 0 Å². The van der Waals surface area contributed by atoms with E-state index in [2.05, 4.69) is 15.3 Å². The number of para-hydroxylation sites is 1. The van der Waals surface area contributed by atoms with Crippen LogP contribution in [0.3, 0.4) is 0 Å².